The van der Waals surface area contributed by atoms with Gasteiger partial charge in [0.15, 0.2) is 0 Å². The van der Waals surface area contributed by atoms with Crippen LogP contribution in [0.2, 0.25) is 0 Å². The summed E-state index contributed by atoms with van der Waals surface area (Å²) in [7, 11) is 1.58. The molecule has 5 heteroatoms. The van der Waals surface area contributed by atoms with Gasteiger partial charge in [-0.3, -0.25) is 9.89 Å². The van der Waals surface area contributed by atoms with Gasteiger partial charge >= 0.3 is 0 Å². The number of rotatable bonds is 6. The Kier molecular flexibility index (Phi) is 4.30. The maximum absolute atomic E-state index is 12.4. The summed E-state index contributed by atoms with van der Waals surface area (Å²) in [4.78, 5) is 12.4. The first-order valence-electron chi connectivity index (χ1n) is 6.35. The lowest BCUT2D eigenvalue weighted by Gasteiger charge is -2.07. The molecule has 1 aromatic carbocycles. The smallest absolute Gasteiger partial charge is 0.274 e. The van der Waals surface area contributed by atoms with E-state index in [9.17, 15) is 4.79 Å². The van der Waals surface area contributed by atoms with E-state index in [1.54, 1.807) is 7.11 Å². The molecule has 1 heterocycles. The predicted octanol–water partition coefficient (Wildman–Crippen LogP) is 2.19. The van der Waals surface area contributed by atoms with Crippen LogP contribution in [0.25, 0.3) is 5.69 Å². The molecule has 106 valence electrons. The number of hydrogen-bond donors (Lipinski definition) is 1. The Labute approximate surface area is 117 Å². The van der Waals surface area contributed by atoms with Crippen molar-refractivity contribution in [3.8, 4) is 11.4 Å². The van der Waals surface area contributed by atoms with Crippen molar-refractivity contribution in [1.82, 2.24) is 9.78 Å². The fourth-order valence-electron chi connectivity index (χ4n) is 2.10. The highest BCUT2D eigenvalue weighted by Gasteiger charge is 2.14. The molecular formula is C15H18N2O3. The van der Waals surface area contributed by atoms with Gasteiger partial charge < -0.3 is 9.47 Å². The summed E-state index contributed by atoms with van der Waals surface area (Å²) in [6, 6.07) is 7.38. The fourth-order valence-corrected chi connectivity index (χ4v) is 2.10. The maximum Gasteiger partial charge on any atom is 0.274 e. The average Bonchev–Trinajstić information content (AvgIpc) is 2.75. The van der Waals surface area contributed by atoms with Gasteiger partial charge in [-0.25, -0.2) is 4.68 Å². The number of benzene rings is 1. The zero-order valence-electron chi connectivity index (χ0n) is 11.7. The van der Waals surface area contributed by atoms with E-state index in [1.807, 2.05) is 31.2 Å². The van der Waals surface area contributed by atoms with Crippen molar-refractivity contribution in [3.05, 3.63) is 58.7 Å². The summed E-state index contributed by atoms with van der Waals surface area (Å²) in [6.07, 6.45) is 1.91. The lowest BCUT2D eigenvalue weighted by atomic mass is 10.2. The summed E-state index contributed by atoms with van der Waals surface area (Å²) < 4.78 is 11.9. The third-order valence-electron chi connectivity index (χ3n) is 3.11. The Morgan fingerprint density at radius 3 is 2.85 bits per heavy atom. The second-order valence-corrected chi connectivity index (χ2v) is 4.32. The Bertz CT molecular complexity index is 655. The molecule has 2 rings (SSSR count). The SMILES string of the molecule is C=COCCc1c(C)[nH]n(-c2ccccc2OC)c1=O. The van der Waals surface area contributed by atoms with Gasteiger partial charge in [0.1, 0.15) is 11.4 Å². The average molecular weight is 274 g/mol. The molecule has 5 nitrogen and oxygen atoms in total. The summed E-state index contributed by atoms with van der Waals surface area (Å²) in [5.74, 6) is 0.643. The molecular weight excluding hydrogens is 256 g/mol. The highest BCUT2D eigenvalue weighted by atomic mass is 16.5. The molecule has 0 atom stereocenters. The molecule has 0 aliphatic carbocycles. The lowest BCUT2D eigenvalue weighted by Crippen LogP contribution is -2.18. The molecule has 0 aliphatic heterocycles. The first-order valence-corrected chi connectivity index (χ1v) is 6.35. The van der Waals surface area contributed by atoms with Crippen LogP contribution in [-0.2, 0) is 11.2 Å². The van der Waals surface area contributed by atoms with Crippen LogP contribution in [0.15, 0.2) is 41.9 Å². The van der Waals surface area contributed by atoms with Crippen molar-refractivity contribution >= 4 is 0 Å². The van der Waals surface area contributed by atoms with E-state index in [1.165, 1.54) is 10.9 Å². The number of H-pyrrole nitrogens is 1. The quantitative estimate of drug-likeness (QED) is 0.649. The van der Waals surface area contributed by atoms with Gasteiger partial charge in [0.2, 0.25) is 0 Å². The number of nitrogens with one attached hydrogen (secondary N) is 1. The van der Waals surface area contributed by atoms with E-state index in [4.69, 9.17) is 9.47 Å². The number of para-hydroxylation sites is 2. The van der Waals surface area contributed by atoms with E-state index in [0.29, 0.717) is 30.0 Å². The largest absolute Gasteiger partial charge is 0.501 e. The molecule has 0 bridgehead atoms. The van der Waals surface area contributed by atoms with Crippen molar-refractivity contribution in [2.75, 3.05) is 13.7 Å². The van der Waals surface area contributed by atoms with E-state index in [0.717, 1.165) is 5.69 Å². The molecule has 0 saturated heterocycles. The van der Waals surface area contributed by atoms with Gasteiger partial charge in [-0.2, -0.15) is 0 Å². The fraction of sp³-hybridized carbons (Fsp3) is 0.267. The monoisotopic (exact) mass is 274 g/mol. The Hall–Kier alpha value is -2.43. The first kappa shape index (κ1) is 14.0. The van der Waals surface area contributed by atoms with E-state index in [-0.39, 0.29) is 5.56 Å². The number of ether oxygens (including phenoxy) is 2. The molecule has 0 fully saturated rings. The molecule has 0 saturated carbocycles. The van der Waals surface area contributed by atoms with Crippen LogP contribution in [0.4, 0.5) is 0 Å². The second kappa shape index (κ2) is 6.14. The van der Waals surface area contributed by atoms with Gasteiger partial charge in [-0.15, -0.1) is 0 Å². The van der Waals surface area contributed by atoms with Crippen molar-refractivity contribution in [2.24, 2.45) is 0 Å². The lowest BCUT2D eigenvalue weighted by molar-refractivity contribution is 0.254. The van der Waals surface area contributed by atoms with Crippen molar-refractivity contribution < 1.29 is 9.47 Å². The number of nitrogens with zero attached hydrogens (tertiary/aromatic N) is 1. The Morgan fingerprint density at radius 2 is 2.15 bits per heavy atom. The summed E-state index contributed by atoms with van der Waals surface area (Å²) in [5.41, 5.74) is 2.14. The van der Waals surface area contributed by atoms with Gasteiger partial charge in [-0.1, -0.05) is 18.7 Å². The number of aryl methyl sites for hydroxylation is 1. The van der Waals surface area contributed by atoms with Gasteiger partial charge in [-0.05, 0) is 19.1 Å². The number of methoxy groups -OCH3 is 1. The minimum Gasteiger partial charge on any atom is -0.501 e. The zero-order valence-corrected chi connectivity index (χ0v) is 11.7. The topological polar surface area (TPSA) is 56.2 Å². The highest BCUT2D eigenvalue weighted by molar-refractivity contribution is 5.46. The molecule has 0 radical (unpaired) electrons. The number of hydrogen-bond acceptors (Lipinski definition) is 3. The van der Waals surface area contributed by atoms with Gasteiger partial charge in [0, 0.05) is 17.7 Å². The molecule has 2 aromatic rings. The van der Waals surface area contributed by atoms with Crippen LogP contribution < -0.4 is 10.3 Å². The highest BCUT2D eigenvalue weighted by Crippen LogP contribution is 2.20. The molecule has 1 aromatic heterocycles. The van der Waals surface area contributed by atoms with Gasteiger partial charge in [0.25, 0.3) is 5.56 Å². The summed E-state index contributed by atoms with van der Waals surface area (Å²) in [6.45, 7) is 5.79. The van der Waals surface area contributed by atoms with Crippen LogP contribution in [0.3, 0.4) is 0 Å². The van der Waals surface area contributed by atoms with Gasteiger partial charge in [0.05, 0.1) is 20.0 Å². The third-order valence-corrected chi connectivity index (χ3v) is 3.11. The molecule has 20 heavy (non-hydrogen) atoms. The van der Waals surface area contributed by atoms with Crippen LogP contribution in [0, 0.1) is 6.92 Å². The third kappa shape index (κ3) is 2.61. The summed E-state index contributed by atoms with van der Waals surface area (Å²) >= 11 is 0. The maximum atomic E-state index is 12.4. The van der Waals surface area contributed by atoms with Crippen LogP contribution in [0.1, 0.15) is 11.3 Å². The number of aromatic amines is 1. The van der Waals surface area contributed by atoms with Crippen LogP contribution in [-0.4, -0.2) is 23.5 Å². The van der Waals surface area contributed by atoms with Crippen LogP contribution >= 0.6 is 0 Å². The minimum absolute atomic E-state index is 0.0836. The minimum atomic E-state index is -0.0836. The van der Waals surface area contributed by atoms with Crippen LogP contribution in [0.5, 0.6) is 5.75 Å². The van der Waals surface area contributed by atoms with E-state index < -0.39 is 0 Å². The first-order chi connectivity index (χ1) is 9.69. The Balaban J connectivity index is 2.41. The second-order valence-electron chi connectivity index (χ2n) is 4.32. The zero-order chi connectivity index (χ0) is 14.5. The number of aromatic nitrogens is 2. The summed E-state index contributed by atoms with van der Waals surface area (Å²) in [5, 5.41) is 3.07. The molecule has 0 spiro atoms. The predicted molar refractivity (Wildman–Crippen MR) is 77.5 cm³/mol. The standard InChI is InChI=1S/C15H18N2O3/c1-4-20-10-9-12-11(2)16-17(15(12)18)13-7-5-6-8-14(13)19-3/h4-8,16H,1,9-10H2,2-3H3. The molecule has 0 amide bonds. The normalized spacial score (nSPS) is 10.3. The Morgan fingerprint density at radius 1 is 1.40 bits per heavy atom. The molecule has 0 unspecified atom stereocenters. The van der Waals surface area contributed by atoms with E-state index in [2.05, 4.69) is 11.7 Å². The molecule has 0 aliphatic rings. The molecule has 1 N–H and O–H groups in total. The van der Waals surface area contributed by atoms with Crippen molar-refractivity contribution in [3.63, 3.8) is 0 Å². The van der Waals surface area contributed by atoms with Crippen molar-refractivity contribution in [2.45, 2.75) is 13.3 Å². The van der Waals surface area contributed by atoms with Crippen molar-refractivity contribution in [1.29, 1.82) is 0 Å². The van der Waals surface area contributed by atoms with E-state index >= 15 is 0 Å².